The van der Waals surface area contributed by atoms with Gasteiger partial charge in [-0.2, -0.15) is 0 Å². The first-order valence-corrected chi connectivity index (χ1v) is 10.0. The predicted molar refractivity (Wildman–Crippen MR) is 102 cm³/mol. The van der Waals surface area contributed by atoms with Crippen molar-refractivity contribution in [2.75, 3.05) is 23.7 Å². The van der Waals surface area contributed by atoms with Gasteiger partial charge in [0.15, 0.2) is 0 Å². The molecule has 0 fully saturated rings. The van der Waals surface area contributed by atoms with Crippen molar-refractivity contribution in [3.63, 3.8) is 0 Å². The first-order valence-electron chi connectivity index (χ1n) is 7.78. The van der Waals surface area contributed by atoms with Crippen molar-refractivity contribution in [2.24, 2.45) is 0 Å². The van der Waals surface area contributed by atoms with E-state index in [2.05, 4.69) is 5.32 Å². The fraction of sp³-hybridized carbons (Fsp3) is 0.278. The van der Waals surface area contributed by atoms with Gasteiger partial charge in [0.25, 0.3) is 5.91 Å². The third-order valence-electron chi connectivity index (χ3n) is 3.82. The monoisotopic (exact) mass is 380 g/mol. The second-order valence-corrected chi connectivity index (χ2v) is 8.18. The summed E-state index contributed by atoms with van der Waals surface area (Å²) in [5.74, 6) is -0.223. The van der Waals surface area contributed by atoms with Crippen LogP contribution < -0.4 is 9.62 Å². The minimum absolute atomic E-state index is 0.138. The van der Waals surface area contributed by atoms with Gasteiger partial charge in [-0.3, -0.25) is 9.10 Å². The molecular weight excluding hydrogens is 360 g/mol. The Morgan fingerprint density at radius 1 is 1.12 bits per heavy atom. The molecule has 7 heteroatoms. The molecule has 0 radical (unpaired) electrons. The van der Waals surface area contributed by atoms with E-state index in [4.69, 9.17) is 11.6 Å². The Morgan fingerprint density at radius 3 is 2.40 bits per heavy atom. The molecule has 2 aromatic carbocycles. The molecular formula is C18H21ClN2O3S. The Bertz CT molecular complexity index is 882. The number of benzene rings is 2. The lowest BCUT2D eigenvalue weighted by Gasteiger charge is -2.24. The van der Waals surface area contributed by atoms with Gasteiger partial charge in [-0.1, -0.05) is 29.8 Å². The third kappa shape index (κ3) is 4.96. The maximum Gasteiger partial charge on any atom is 0.251 e. The molecule has 0 aromatic heterocycles. The van der Waals surface area contributed by atoms with Gasteiger partial charge < -0.3 is 5.32 Å². The molecule has 0 aliphatic carbocycles. The zero-order valence-electron chi connectivity index (χ0n) is 14.4. The second-order valence-electron chi connectivity index (χ2n) is 5.84. The second kappa shape index (κ2) is 7.89. The van der Waals surface area contributed by atoms with Crippen LogP contribution in [0.15, 0.2) is 42.5 Å². The van der Waals surface area contributed by atoms with Crippen LogP contribution in [0.1, 0.15) is 21.5 Å². The van der Waals surface area contributed by atoms with E-state index in [1.54, 1.807) is 37.3 Å². The summed E-state index contributed by atoms with van der Waals surface area (Å²) in [4.78, 5) is 12.2. The summed E-state index contributed by atoms with van der Waals surface area (Å²) in [6.07, 6.45) is 1.14. The number of anilines is 1. The molecule has 0 unspecified atom stereocenters. The van der Waals surface area contributed by atoms with Gasteiger partial charge in [-0.25, -0.2) is 8.42 Å². The average molecular weight is 381 g/mol. The Kier molecular flexibility index (Phi) is 6.08. The van der Waals surface area contributed by atoms with E-state index < -0.39 is 10.0 Å². The molecule has 134 valence electrons. The van der Waals surface area contributed by atoms with E-state index in [9.17, 15) is 13.2 Å². The molecule has 0 spiro atoms. The Labute approximate surface area is 153 Å². The fourth-order valence-corrected chi connectivity index (χ4v) is 3.77. The van der Waals surface area contributed by atoms with Crippen molar-refractivity contribution in [3.8, 4) is 0 Å². The lowest BCUT2D eigenvalue weighted by molar-refractivity contribution is 0.0954. The number of rotatable bonds is 6. The maximum absolute atomic E-state index is 12.2. The number of aryl methyl sites for hydroxylation is 2. The Hall–Kier alpha value is -2.05. The summed E-state index contributed by atoms with van der Waals surface area (Å²) < 4.78 is 25.6. The van der Waals surface area contributed by atoms with E-state index in [-0.39, 0.29) is 19.0 Å². The summed E-state index contributed by atoms with van der Waals surface area (Å²) in [6.45, 7) is 3.99. The van der Waals surface area contributed by atoms with Crippen molar-refractivity contribution in [3.05, 3.63) is 64.2 Å². The van der Waals surface area contributed by atoms with Gasteiger partial charge >= 0.3 is 0 Å². The molecule has 0 atom stereocenters. The molecule has 0 saturated heterocycles. The number of sulfonamides is 1. The molecule has 0 aliphatic heterocycles. The highest BCUT2D eigenvalue weighted by Gasteiger charge is 2.19. The SMILES string of the molecule is Cc1ccccc1C(=O)NCCN(c1ccc(Cl)cc1C)S(C)(=O)=O. The number of halogens is 1. The van der Waals surface area contributed by atoms with Crippen LogP contribution in [0, 0.1) is 13.8 Å². The molecule has 1 N–H and O–H groups in total. The minimum atomic E-state index is -3.49. The van der Waals surface area contributed by atoms with Crippen LogP contribution in [0.3, 0.4) is 0 Å². The lowest BCUT2D eigenvalue weighted by atomic mass is 10.1. The first kappa shape index (κ1) is 19.3. The van der Waals surface area contributed by atoms with Gasteiger partial charge in [0.2, 0.25) is 10.0 Å². The third-order valence-corrected chi connectivity index (χ3v) is 5.23. The number of nitrogens with one attached hydrogen (secondary N) is 1. The largest absolute Gasteiger partial charge is 0.350 e. The summed E-state index contributed by atoms with van der Waals surface area (Å²) >= 11 is 5.94. The highest BCUT2D eigenvalue weighted by atomic mass is 35.5. The van der Waals surface area contributed by atoms with E-state index in [1.165, 1.54) is 4.31 Å². The molecule has 0 bridgehead atoms. The van der Waals surface area contributed by atoms with Crippen LogP contribution in [-0.2, 0) is 10.0 Å². The van der Waals surface area contributed by atoms with Crippen molar-refractivity contribution in [1.82, 2.24) is 5.32 Å². The van der Waals surface area contributed by atoms with Crippen molar-refractivity contribution >= 4 is 33.2 Å². The number of amides is 1. The quantitative estimate of drug-likeness (QED) is 0.837. The zero-order valence-corrected chi connectivity index (χ0v) is 16.0. The van der Waals surface area contributed by atoms with Crippen LogP contribution in [0.2, 0.25) is 5.02 Å². The molecule has 0 aliphatic rings. The van der Waals surface area contributed by atoms with Gasteiger partial charge in [-0.15, -0.1) is 0 Å². The van der Waals surface area contributed by atoms with Gasteiger partial charge in [-0.05, 0) is 49.2 Å². The molecule has 25 heavy (non-hydrogen) atoms. The van der Waals surface area contributed by atoms with Gasteiger partial charge in [0, 0.05) is 17.1 Å². The van der Waals surface area contributed by atoms with Crippen LogP contribution >= 0.6 is 11.6 Å². The van der Waals surface area contributed by atoms with Crippen molar-refractivity contribution in [2.45, 2.75) is 13.8 Å². The first-order chi connectivity index (χ1) is 11.7. The van der Waals surface area contributed by atoms with E-state index in [1.807, 2.05) is 19.1 Å². The smallest absolute Gasteiger partial charge is 0.251 e. The fourth-order valence-electron chi connectivity index (χ4n) is 2.56. The molecule has 1 amide bonds. The number of hydrogen-bond acceptors (Lipinski definition) is 3. The molecule has 0 saturated carbocycles. The summed E-state index contributed by atoms with van der Waals surface area (Å²) in [5, 5.41) is 3.32. The molecule has 2 aromatic rings. The van der Waals surface area contributed by atoms with Crippen molar-refractivity contribution < 1.29 is 13.2 Å². The summed E-state index contributed by atoms with van der Waals surface area (Å²) in [6, 6.07) is 12.3. The summed E-state index contributed by atoms with van der Waals surface area (Å²) in [5.41, 5.74) is 2.75. The van der Waals surface area contributed by atoms with Crippen LogP contribution in [0.5, 0.6) is 0 Å². The number of carbonyl (C=O) groups excluding carboxylic acids is 1. The van der Waals surface area contributed by atoms with Gasteiger partial charge in [0.05, 0.1) is 18.5 Å². The van der Waals surface area contributed by atoms with Crippen LogP contribution in [-0.4, -0.2) is 33.7 Å². The molecule has 5 nitrogen and oxygen atoms in total. The van der Waals surface area contributed by atoms with E-state index in [0.29, 0.717) is 16.3 Å². The minimum Gasteiger partial charge on any atom is -0.350 e. The Morgan fingerprint density at radius 2 is 1.80 bits per heavy atom. The highest BCUT2D eigenvalue weighted by molar-refractivity contribution is 7.92. The molecule has 0 heterocycles. The zero-order chi connectivity index (χ0) is 18.6. The topological polar surface area (TPSA) is 66.5 Å². The van der Waals surface area contributed by atoms with Crippen molar-refractivity contribution in [1.29, 1.82) is 0 Å². The Balaban J connectivity index is 2.12. The van der Waals surface area contributed by atoms with Crippen LogP contribution in [0.4, 0.5) is 5.69 Å². The standard InChI is InChI=1S/C18H21ClN2O3S/c1-13-6-4-5-7-16(13)18(22)20-10-11-21(25(3,23)24)17-9-8-15(19)12-14(17)2/h4-9,12H,10-11H2,1-3H3,(H,20,22). The average Bonchev–Trinajstić information content (AvgIpc) is 2.51. The molecule has 2 rings (SSSR count). The maximum atomic E-state index is 12.2. The van der Waals surface area contributed by atoms with Crippen LogP contribution in [0.25, 0.3) is 0 Å². The number of nitrogens with zero attached hydrogens (tertiary/aromatic N) is 1. The number of hydrogen-bond donors (Lipinski definition) is 1. The number of carbonyl (C=O) groups is 1. The highest BCUT2D eigenvalue weighted by Crippen LogP contribution is 2.25. The van der Waals surface area contributed by atoms with E-state index in [0.717, 1.165) is 17.4 Å². The van der Waals surface area contributed by atoms with E-state index >= 15 is 0 Å². The van der Waals surface area contributed by atoms with Gasteiger partial charge in [0.1, 0.15) is 0 Å². The summed E-state index contributed by atoms with van der Waals surface area (Å²) in [7, 11) is -3.49. The predicted octanol–water partition coefficient (Wildman–Crippen LogP) is 3.15. The normalized spacial score (nSPS) is 11.2. The lowest BCUT2D eigenvalue weighted by Crippen LogP contribution is -2.38.